The third-order valence-corrected chi connectivity index (χ3v) is 5.57. The number of amides is 1. The number of nitrogens with two attached hydrogens (primary N) is 1. The van der Waals surface area contributed by atoms with Crippen molar-refractivity contribution in [2.75, 3.05) is 11.9 Å². The van der Waals surface area contributed by atoms with E-state index in [4.69, 9.17) is 20.4 Å². The number of ether oxygens (including phenoxy) is 1. The first-order chi connectivity index (χ1) is 15.1. The van der Waals surface area contributed by atoms with Crippen LogP contribution < -0.4 is 15.8 Å². The fourth-order valence-electron chi connectivity index (χ4n) is 4.09. The Morgan fingerprint density at radius 2 is 2.00 bits per heavy atom. The number of aryl methyl sites for hydroxylation is 1. The topological polar surface area (TPSA) is 95.1 Å². The summed E-state index contributed by atoms with van der Waals surface area (Å²) in [6.07, 6.45) is 1.80. The smallest absolute Gasteiger partial charge is 0.249 e. The summed E-state index contributed by atoms with van der Waals surface area (Å²) in [5.74, 6) is 1.43. The minimum Gasteiger partial charge on any atom is -0.477 e. The van der Waals surface area contributed by atoms with Crippen LogP contribution in [0.2, 0.25) is 0 Å². The number of hydrogen-bond acceptors (Lipinski definition) is 5. The van der Waals surface area contributed by atoms with Gasteiger partial charge in [0, 0.05) is 23.2 Å². The molecule has 3 N–H and O–H groups in total. The molecule has 0 fully saturated rings. The van der Waals surface area contributed by atoms with E-state index in [0.717, 1.165) is 40.8 Å². The van der Waals surface area contributed by atoms with E-state index in [2.05, 4.69) is 17.4 Å². The van der Waals surface area contributed by atoms with Crippen molar-refractivity contribution < 1.29 is 9.53 Å². The van der Waals surface area contributed by atoms with Gasteiger partial charge in [-0.15, -0.1) is 0 Å². The molecule has 7 nitrogen and oxygen atoms in total. The van der Waals surface area contributed by atoms with E-state index in [0.29, 0.717) is 30.5 Å². The minimum atomic E-state index is -0.456. The zero-order chi connectivity index (χ0) is 21.4. The maximum Gasteiger partial charge on any atom is 0.249 e. The maximum atomic E-state index is 11.9. The molecule has 0 atom stereocenters. The van der Waals surface area contributed by atoms with Crippen LogP contribution in [0.1, 0.15) is 33.6 Å². The molecule has 0 unspecified atom stereocenters. The molecular weight excluding hydrogens is 390 g/mol. The number of fused-ring (bicyclic) bond motifs is 2. The summed E-state index contributed by atoms with van der Waals surface area (Å²) >= 11 is 0. The largest absolute Gasteiger partial charge is 0.477 e. The van der Waals surface area contributed by atoms with Gasteiger partial charge in [0.05, 0.1) is 17.7 Å². The third kappa shape index (κ3) is 3.48. The van der Waals surface area contributed by atoms with Gasteiger partial charge in [-0.25, -0.2) is 0 Å². The quantitative estimate of drug-likeness (QED) is 0.519. The lowest BCUT2D eigenvalue weighted by Crippen LogP contribution is -2.17. The molecule has 2 aromatic heterocycles. The van der Waals surface area contributed by atoms with Gasteiger partial charge in [0.1, 0.15) is 5.82 Å². The Morgan fingerprint density at radius 1 is 1.16 bits per heavy atom. The van der Waals surface area contributed by atoms with Crippen LogP contribution in [0, 0.1) is 6.92 Å². The van der Waals surface area contributed by atoms with Gasteiger partial charge < -0.3 is 15.8 Å². The van der Waals surface area contributed by atoms with Crippen LogP contribution in [0.15, 0.2) is 54.6 Å². The van der Waals surface area contributed by atoms with E-state index in [1.807, 2.05) is 47.9 Å². The highest BCUT2D eigenvalue weighted by atomic mass is 16.5. The Morgan fingerprint density at radius 3 is 2.81 bits per heavy atom. The molecule has 7 heteroatoms. The number of benzene rings is 2. The van der Waals surface area contributed by atoms with Gasteiger partial charge in [-0.3, -0.25) is 9.36 Å². The average Bonchev–Trinajstić information content (AvgIpc) is 3.13. The molecule has 4 aromatic rings. The van der Waals surface area contributed by atoms with E-state index in [-0.39, 0.29) is 0 Å². The van der Waals surface area contributed by atoms with E-state index in [1.54, 1.807) is 6.07 Å². The fourth-order valence-corrected chi connectivity index (χ4v) is 4.09. The lowest BCUT2D eigenvalue weighted by molar-refractivity contribution is 0.100. The molecule has 0 spiro atoms. The van der Waals surface area contributed by atoms with Crippen LogP contribution in [0.5, 0.6) is 5.88 Å². The summed E-state index contributed by atoms with van der Waals surface area (Å²) in [7, 11) is 0. The summed E-state index contributed by atoms with van der Waals surface area (Å²) in [6, 6.07) is 17.6. The highest BCUT2D eigenvalue weighted by molar-refractivity contribution is 6.06. The molecule has 5 rings (SSSR count). The summed E-state index contributed by atoms with van der Waals surface area (Å²) in [5.41, 5.74) is 9.97. The summed E-state index contributed by atoms with van der Waals surface area (Å²) in [6.45, 7) is 3.26. The molecule has 156 valence electrons. The third-order valence-electron chi connectivity index (χ3n) is 5.57. The zero-order valence-electron chi connectivity index (χ0n) is 17.3. The number of primary amides is 1. The average molecular weight is 413 g/mol. The summed E-state index contributed by atoms with van der Waals surface area (Å²) < 4.78 is 7.83. The predicted molar refractivity (Wildman–Crippen MR) is 120 cm³/mol. The van der Waals surface area contributed by atoms with Crippen molar-refractivity contribution in [1.29, 1.82) is 0 Å². The van der Waals surface area contributed by atoms with Gasteiger partial charge in [-0.1, -0.05) is 36.4 Å². The number of nitrogens with zero attached hydrogens (tertiary/aromatic N) is 3. The first-order valence-electron chi connectivity index (χ1n) is 10.3. The highest BCUT2D eigenvalue weighted by Crippen LogP contribution is 2.32. The highest BCUT2D eigenvalue weighted by Gasteiger charge is 2.22. The van der Waals surface area contributed by atoms with Crippen molar-refractivity contribution in [3.8, 4) is 11.8 Å². The number of anilines is 1. The van der Waals surface area contributed by atoms with Crippen LogP contribution in [0.25, 0.3) is 16.9 Å². The molecule has 0 bridgehead atoms. The normalized spacial score (nSPS) is 12.9. The molecule has 1 aliphatic heterocycles. The summed E-state index contributed by atoms with van der Waals surface area (Å²) in [5, 5.41) is 4.26. The molecule has 0 radical (unpaired) electrons. The summed E-state index contributed by atoms with van der Waals surface area (Å²) in [4.78, 5) is 21.5. The van der Waals surface area contributed by atoms with Crippen molar-refractivity contribution in [1.82, 2.24) is 14.5 Å². The van der Waals surface area contributed by atoms with Crippen LogP contribution in [0.4, 0.5) is 5.82 Å². The van der Waals surface area contributed by atoms with Crippen molar-refractivity contribution >= 4 is 22.6 Å². The lowest BCUT2D eigenvalue weighted by Gasteiger charge is -2.21. The van der Waals surface area contributed by atoms with Gasteiger partial charge in [-0.05, 0) is 43.5 Å². The van der Waals surface area contributed by atoms with Crippen molar-refractivity contribution in [2.24, 2.45) is 5.73 Å². The van der Waals surface area contributed by atoms with Crippen LogP contribution in [0.3, 0.4) is 0 Å². The molecular formula is C24H23N5O2. The Bertz CT molecular complexity index is 1280. The SMILES string of the molecule is Cc1cc2c(C(N)=O)cccc2n1-c1nc(NCc2ccccc2)c2c(n1)OCCC2. The second-order valence-corrected chi connectivity index (χ2v) is 7.67. The van der Waals surface area contributed by atoms with Crippen LogP contribution >= 0.6 is 0 Å². The maximum absolute atomic E-state index is 11.9. The van der Waals surface area contributed by atoms with Crippen LogP contribution in [-0.2, 0) is 13.0 Å². The zero-order valence-corrected chi connectivity index (χ0v) is 17.3. The van der Waals surface area contributed by atoms with E-state index < -0.39 is 5.91 Å². The molecule has 0 aliphatic carbocycles. The van der Waals surface area contributed by atoms with E-state index in [1.165, 1.54) is 5.56 Å². The van der Waals surface area contributed by atoms with Crippen molar-refractivity contribution in [3.05, 3.63) is 77.0 Å². The number of aromatic nitrogens is 3. The first-order valence-corrected chi connectivity index (χ1v) is 10.3. The second kappa shape index (κ2) is 7.75. The van der Waals surface area contributed by atoms with E-state index in [9.17, 15) is 4.79 Å². The van der Waals surface area contributed by atoms with Gasteiger partial charge in [0.25, 0.3) is 0 Å². The van der Waals surface area contributed by atoms with Gasteiger partial charge in [0.2, 0.25) is 17.7 Å². The molecule has 1 aliphatic rings. The fraction of sp³-hybridized carbons (Fsp3) is 0.208. The van der Waals surface area contributed by atoms with Crippen molar-refractivity contribution in [2.45, 2.75) is 26.3 Å². The van der Waals surface area contributed by atoms with Gasteiger partial charge >= 0.3 is 0 Å². The minimum absolute atomic E-state index is 0.456. The Kier molecular flexibility index (Phi) is 4.78. The molecule has 3 heterocycles. The monoisotopic (exact) mass is 413 g/mol. The number of rotatable bonds is 5. The van der Waals surface area contributed by atoms with Crippen molar-refractivity contribution in [3.63, 3.8) is 0 Å². The molecule has 31 heavy (non-hydrogen) atoms. The Labute approximate surface area is 179 Å². The molecule has 0 saturated carbocycles. The molecule has 0 saturated heterocycles. The molecule has 1 amide bonds. The van der Waals surface area contributed by atoms with E-state index >= 15 is 0 Å². The number of nitrogens with one attached hydrogen (secondary N) is 1. The standard InChI is InChI=1S/C24H23N5O2/c1-15-13-19-17(21(25)30)9-5-11-20(19)29(15)24-27-22(18-10-6-12-31-23(18)28-24)26-14-16-7-3-2-4-8-16/h2-5,7-9,11,13H,6,10,12,14H2,1H3,(H2,25,30)(H,26,27,28). The molecule has 2 aromatic carbocycles. The number of hydrogen-bond donors (Lipinski definition) is 2. The van der Waals surface area contributed by atoms with Gasteiger partial charge in [-0.2, -0.15) is 9.97 Å². The number of carbonyl (C=O) groups is 1. The van der Waals surface area contributed by atoms with Crippen LogP contribution in [-0.4, -0.2) is 27.0 Å². The van der Waals surface area contributed by atoms with Gasteiger partial charge in [0.15, 0.2) is 0 Å². The Hall–Kier alpha value is -3.87. The predicted octanol–water partition coefficient (Wildman–Crippen LogP) is 3.76. The Balaban J connectivity index is 1.62. The lowest BCUT2D eigenvalue weighted by atomic mass is 10.1. The second-order valence-electron chi connectivity index (χ2n) is 7.67. The first kappa shape index (κ1) is 19.1. The number of carbonyl (C=O) groups excluding carboxylic acids is 1.